The molecule has 0 atom stereocenters. The highest BCUT2D eigenvalue weighted by Crippen LogP contribution is 2.11. The largest absolute Gasteiger partial charge is 0.396 e. The molecule has 0 saturated carbocycles. The van der Waals surface area contributed by atoms with E-state index in [4.69, 9.17) is 5.11 Å². The van der Waals surface area contributed by atoms with Gasteiger partial charge in [0.2, 0.25) is 5.91 Å². The monoisotopic (exact) mass is 244 g/mol. The van der Waals surface area contributed by atoms with Gasteiger partial charge in [0, 0.05) is 18.5 Å². The normalized spacial score (nSPS) is 10.5. The molecule has 94 valence electrons. The maximum atomic E-state index is 11.6. The van der Waals surface area contributed by atoms with Gasteiger partial charge >= 0.3 is 0 Å². The number of amides is 1. The van der Waals surface area contributed by atoms with Crippen LogP contribution < -0.4 is 5.32 Å². The number of nitrogens with zero attached hydrogens (tertiary/aromatic N) is 1. The van der Waals surface area contributed by atoms with Gasteiger partial charge in [-0.25, -0.2) is 0 Å². The molecule has 0 saturated heterocycles. The van der Waals surface area contributed by atoms with Crippen LogP contribution in [0, 0.1) is 0 Å². The van der Waals surface area contributed by atoms with Crippen molar-refractivity contribution in [1.82, 2.24) is 10.3 Å². The molecule has 0 spiro atoms. The van der Waals surface area contributed by atoms with Crippen molar-refractivity contribution in [1.29, 1.82) is 0 Å². The number of aliphatic hydroxyl groups excluding tert-OH is 1. The number of benzene rings is 1. The molecule has 4 heteroatoms. The first-order valence-electron chi connectivity index (χ1n) is 6.02. The van der Waals surface area contributed by atoms with Crippen LogP contribution in [0.25, 0.3) is 10.9 Å². The van der Waals surface area contributed by atoms with E-state index in [1.165, 1.54) is 0 Å². The van der Waals surface area contributed by atoms with E-state index < -0.39 is 0 Å². The lowest BCUT2D eigenvalue weighted by Gasteiger charge is -2.04. The first-order chi connectivity index (χ1) is 8.79. The molecule has 0 aliphatic carbocycles. The molecule has 0 aliphatic heterocycles. The smallest absolute Gasteiger partial charge is 0.226 e. The van der Waals surface area contributed by atoms with Gasteiger partial charge in [0.1, 0.15) is 0 Å². The van der Waals surface area contributed by atoms with Crippen LogP contribution in [0.5, 0.6) is 0 Å². The highest BCUT2D eigenvalue weighted by Gasteiger charge is 2.04. The number of para-hydroxylation sites is 1. The summed E-state index contributed by atoms with van der Waals surface area (Å²) in [5.74, 6) is -0.0637. The predicted octanol–water partition coefficient (Wildman–Crippen LogP) is 1.28. The lowest BCUT2D eigenvalue weighted by Crippen LogP contribution is -2.26. The number of fused-ring (bicyclic) bond motifs is 1. The van der Waals surface area contributed by atoms with Crippen molar-refractivity contribution in [3.63, 3.8) is 0 Å². The molecule has 0 unspecified atom stereocenters. The molecule has 1 amide bonds. The number of nitrogens with one attached hydrogen (secondary N) is 1. The van der Waals surface area contributed by atoms with E-state index in [0.29, 0.717) is 13.0 Å². The van der Waals surface area contributed by atoms with Gasteiger partial charge in [0.25, 0.3) is 0 Å². The van der Waals surface area contributed by atoms with E-state index in [-0.39, 0.29) is 18.9 Å². The number of rotatable bonds is 5. The maximum Gasteiger partial charge on any atom is 0.226 e. The number of hydrogen-bond acceptors (Lipinski definition) is 3. The average molecular weight is 244 g/mol. The lowest BCUT2D eigenvalue weighted by molar-refractivity contribution is -0.120. The Bertz CT molecular complexity index is 540. The van der Waals surface area contributed by atoms with Crippen LogP contribution in [-0.4, -0.2) is 29.1 Å². The van der Waals surface area contributed by atoms with Crippen molar-refractivity contribution in [2.24, 2.45) is 0 Å². The van der Waals surface area contributed by atoms with Crippen LogP contribution in [0.4, 0.5) is 0 Å². The molecule has 0 fully saturated rings. The molecule has 2 rings (SSSR count). The number of aromatic nitrogens is 1. The molecule has 0 radical (unpaired) electrons. The van der Waals surface area contributed by atoms with E-state index in [2.05, 4.69) is 10.3 Å². The van der Waals surface area contributed by atoms with Crippen LogP contribution in [0.2, 0.25) is 0 Å². The van der Waals surface area contributed by atoms with Gasteiger partial charge in [-0.1, -0.05) is 24.3 Å². The summed E-state index contributed by atoms with van der Waals surface area (Å²) < 4.78 is 0. The summed E-state index contributed by atoms with van der Waals surface area (Å²) in [7, 11) is 0. The minimum absolute atomic E-state index is 0.0637. The Hall–Kier alpha value is -1.94. The average Bonchev–Trinajstić information content (AvgIpc) is 2.39. The third-order valence-electron chi connectivity index (χ3n) is 2.65. The SMILES string of the molecule is O=C(Cc1ccc2ccccc2n1)NCCCO. The van der Waals surface area contributed by atoms with Crippen molar-refractivity contribution in [2.75, 3.05) is 13.2 Å². The molecular formula is C14H16N2O2. The minimum atomic E-state index is -0.0637. The fourth-order valence-corrected chi connectivity index (χ4v) is 1.74. The number of aliphatic hydroxyl groups is 1. The molecule has 1 aromatic heterocycles. The van der Waals surface area contributed by atoms with E-state index in [0.717, 1.165) is 16.6 Å². The van der Waals surface area contributed by atoms with Crippen LogP contribution in [0.15, 0.2) is 36.4 Å². The maximum absolute atomic E-state index is 11.6. The Morgan fingerprint density at radius 1 is 1.22 bits per heavy atom. The van der Waals surface area contributed by atoms with Gasteiger partial charge in [-0.05, 0) is 18.6 Å². The number of pyridine rings is 1. The van der Waals surface area contributed by atoms with E-state index >= 15 is 0 Å². The summed E-state index contributed by atoms with van der Waals surface area (Å²) in [4.78, 5) is 16.0. The summed E-state index contributed by atoms with van der Waals surface area (Å²) in [5.41, 5.74) is 1.66. The first kappa shape index (κ1) is 12.5. The zero-order valence-electron chi connectivity index (χ0n) is 10.1. The molecule has 2 aromatic rings. The van der Waals surface area contributed by atoms with Crippen molar-refractivity contribution in [3.8, 4) is 0 Å². The quantitative estimate of drug-likeness (QED) is 0.779. The third kappa shape index (κ3) is 3.28. The van der Waals surface area contributed by atoms with Crippen molar-refractivity contribution >= 4 is 16.8 Å². The van der Waals surface area contributed by atoms with Crippen molar-refractivity contribution in [2.45, 2.75) is 12.8 Å². The van der Waals surface area contributed by atoms with Gasteiger partial charge in [-0.15, -0.1) is 0 Å². The third-order valence-corrected chi connectivity index (χ3v) is 2.65. The first-order valence-corrected chi connectivity index (χ1v) is 6.02. The second-order valence-electron chi connectivity index (χ2n) is 4.10. The Morgan fingerprint density at radius 2 is 2.06 bits per heavy atom. The second kappa shape index (κ2) is 6.12. The van der Waals surface area contributed by atoms with Crippen molar-refractivity contribution < 1.29 is 9.90 Å². The molecule has 1 aromatic carbocycles. The van der Waals surface area contributed by atoms with E-state index in [1.54, 1.807) is 0 Å². The zero-order valence-corrected chi connectivity index (χ0v) is 10.1. The Morgan fingerprint density at radius 3 is 2.89 bits per heavy atom. The Kier molecular flexibility index (Phi) is 4.25. The number of carbonyl (C=O) groups excluding carboxylic acids is 1. The fraction of sp³-hybridized carbons (Fsp3) is 0.286. The van der Waals surface area contributed by atoms with Gasteiger partial charge < -0.3 is 10.4 Å². The van der Waals surface area contributed by atoms with Crippen LogP contribution in [0.3, 0.4) is 0 Å². The molecule has 1 heterocycles. The van der Waals surface area contributed by atoms with Gasteiger partial charge in [0.15, 0.2) is 0 Å². The van der Waals surface area contributed by atoms with Gasteiger partial charge in [0.05, 0.1) is 17.6 Å². The topological polar surface area (TPSA) is 62.2 Å². The summed E-state index contributed by atoms with van der Waals surface area (Å²) in [6, 6.07) is 11.7. The standard InChI is InChI=1S/C14H16N2O2/c17-9-3-8-15-14(18)10-12-7-6-11-4-1-2-5-13(11)16-12/h1-2,4-7,17H,3,8-10H2,(H,15,18). The van der Waals surface area contributed by atoms with E-state index in [9.17, 15) is 4.79 Å². The Balaban J connectivity index is 2.01. The molecule has 0 bridgehead atoms. The number of carbonyl (C=O) groups is 1. The lowest BCUT2D eigenvalue weighted by atomic mass is 10.2. The minimum Gasteiger partial charge on any atom is -0.396 e. The van der Waals surface area contributed by atoms with Crippen LogP contribution >= 0.6 is 0 Å². The predicted molar refractivity (Wildman–Crippen MR) is 70.2 cm³/mol. The van der Waals surface area contributed by atoms with Gasteiger partial charge in [-0.2, -0.15) is 0 Å². The molecule has 0 aliphatic rings. The summed E-state index contributed by atoms with van der Waals surface area (Å²) in [6.07, 6.45) is 0.854. The molecular weight excluding hydrogens is 228 g/mol. The highest BCUT2D eigenvalue weighted by atomic mass is 16.3. The van der Waals surface area contributed by atoms with Crippen LogP contribution in [0.1, 0.15) is 12.1 Å². The van der Waals surface area contributed by atoms with Crippen molar-refractivity contribution in [3.05, 3.63) is 42.1 Å². The molecule has 2 N–H and O–H groups in total. The summed E-state index contributed by atoms with van der Waals surface area (Å²) >= 11 is 0. The molecule has 18 heavy (non-hydrogen) atoms. The second-order valence-corrected chi connectivity index (χ2v) is 4.10. The highest BCUT2D eigenvalue weighted by molar-refractivity contribution is 5.81. The number of hydrogen-bond donors (Lipinski definition) is 2. The molecule has 4 nitrogen and oxygen atoms in total. The summed E-state index contributed by atoms with van der Waals surface area (Å²) in [5, 5.41) is 12.4. The zero-order chi connectivity index (χ0) is 12.8. The Labute approximate surface area is 106 Å². The van der Waals surface area contributed by atoms with E-state index in [1.807, 2.05) is 36.4 Å². The van der Waals surface area contributed by atoms with Gasteiger partial charge in [-0.3, -0.25) is 9.78 Å². The summed E-state index contributed by atoms with van der Waals surface area (Å²) in [6.45, 7) is 0.595. The van der Waals surface area contributed by atoms with Crippen LogP contribution in [-0.2, 0) is 11.2 Å². The fourth-order valence-electron chi connectivity index (χ4n) is 1.74.